The van der Waals surface area contributed by atoms with Crippen LogP contribution >= 0.6 is 0 Å². The van der Waals surface area contributed by atoms with Gasteiger partial charge in [-0.3, -0.25) is 0 Å². The quantitative estimate of drug-likeness (QED) is 0.260. The first-order chi connectivity index (χ1) is 17.1. The molecule has 1 aliphatic heterocycles. The summed E-state index contributed by atoms with van der Waals surface area (Å²) < 4.78 is 6.17. The lowest BCUT2D eigenvalue weighted by molar-refractivity contribution is 0.477. The molecule has 1 heterocycles. The molecule has 5 aromatic carbocycles. The molecule has 2 aliphatic rings. The van der Waals surface area contributed by atoms with Gasteiger partial charge in [0, 0.05) is 11.1 Å². The number of benzene rings is 5. The Morgan fingerprint density at radius 3 is 1.83 bits per heavy atom. The first-order valence-corrected chi connectivity index (χ1v) is 12.1. The van der Waals surface area contributed by atoms with Crippen LogP contribution in [0.2, 0.25) is 0 Å². The lowest BCUT2D eigenvalue weighted by Gasteiger charge is -2.32. The Morgan fingerprint density at radius 2 is 1.11 bits per heavy atom. The minimum atomic E-state index is 0.00307. The number of nitrogens with zero attached hydrogens (tertiary/aromatic N) is 1. The van der Waals surface area contributed by atoms with E-state index in [9.17, 15) is 0 Å². The molecule has 168 valence electrons. The fourth-order valence-electron chi connectivity index (χ4n) is 5.67. The first kappa shape index (κ1) is 20.1. The highest BCUT2D eigenvalue weighted by Gasteiger charge is 2.35. The van der Waals surface area contributed by atoms with Crippen LogP contribution in [0.5, 0.6) is 11.5 Å². The van der Waals surface area contributed by atoms with Crippen molar-refractivity contribution in [1.29, 1.82) is 0 Å². The maximum absolute atomic E-state index is 6.17. The molecule has 7 rings (SSSR count). The molecule has 0 fully saturated rings. The smallest absolute Gasteiger partial charge is 0.151 e. The molecule has 0 saturated carbocycles. The minimum Gasteiger partial charge on any atom is -0.453 e. The number of para-hydroxylation sites is 4. The maximum atomic E-state index is 6.17. The number of fused-ring (bicyclic) bond motifs is 5. The van der Waals surface area contributed by atoms with Gasteiger partial charge in [-0.25, -0.2) is 0 Å². The second kappa shape index (κ2) is 7.35. The molecular weight excluding hydrogens is 426 g/mol. The number of ether oxygens (including phenoxy) is 1. The summed E-state index contributed by atoms with van der Waals surface area (Å²) in [6.07, 6.45) is 0. The second-order valence-corrected chi connectivity index (χ2v) is 9.85. The third kappa shape index (κ3) is 2.96. The van der Waals surface area contributed by atoms with E-state index in [0.717, 1.165) is 28.6 Å². The zero-order valence-electron chi connectivity index (χ0n) is 19.8. The fourth-order valence-corrected chi connectivity index (χ4v) is 5.67. The molecule has 1 aliphatic carbocycles. The molecule has 35 heavy (non-hydrogen) atoms. The predicted molar refractivity (Wildman–Crippen MR) is 144 cm³/mol. The van der Waals surface area contributed by atoms with Gasteiger partial charge in [0.05, 0.1) is 11.4 Å². The lowest BCUT2D eigenvalue weighted by atomic mass is 9.81. The molecule has 0 saturated heterocycles. The van der Waals surface area contributed by atoms with Crippen LogP contribution < -0.4 is 9.64 Å². The van der Waals surface area contributed by atoms with E-state index < -0.39 is 0 Å². The van der Waals surface area contributed by atoms with Crippen molar-refractivity contribution in [2.24, 2.45) is 0 Å². The van der Waals surface area contributed by atoms with Crippen LogP contribution in [0.1, 0.15) is 25.0 Å². The van der Waals surface area contributed by atoms with Crippen LogP contribution in [-0.2, 0) is 5.41 Å². The summed E-state index contributed by atoms with van der Waals surface area (Å²) in [7, 11) is 0. The van der Waals surface area contributed by atoms with Crippen LogP contribution in [0.25, 0.3) is 22.3 Å². The monoisotopic (exact) mass is 451 g/mol. The fraction of sp³-hybridized carbons (Fsp3) is 0.0909. The Hall–Kier alpha value is -4.30. The van der Waals surface area contributed by atoms with Gasteiger partial charge in [-0.05, 0) is 75.8 Å². The van der Waals surface area contributed by atoms with Crippen molar-refractivity contribution in [3.63, 3.8) is 0 Å². The van der Waals surface area contributed by atoms with E-state index in [1.54, 1.807) is 0 Å². The van der Waals surface area contributed by atoms with Crippen molar-refractivity contribution in [3.05, 3.63) is 126 Å². The van der Waals surface area contributed by atoms with Crippen LogP contribution in [0.3, 0.4) is 0 Å². The molecule has 0 N–H and O–H groups in total. The lowest BCUT2D eigenvalue weighted by Crippen LogP contribution is -2.15. The molecule has 2 heteroatoms. The maximum Gasteiger partial charge on any atom is 0.151 e. The van der Waals surface area contributed by atoms with Crippen molar-refractivity contribution in [1.82, 2.24) is 0 Å². The predicted octanol–water partition coefficient (Wildman–Crippen LogP) is 9.24. The molecule has 2 nitrogen and oxygen atoms in total. The third-order valence-corrected chi connectivity index (χ3v) is 7.47. The van der Waals surface area contributed by atoms with Crippen LogP contribution in [0, 0.1) is 0 Å². The van der Waals surface area contributed by atoms with E-state index in [4.69, 9.17) is 4.74 Å². The molecule has 0 atom stereocenters. The van der Waals surface area contributed by atoms with Crippen LogP contribution in [0.15, 0.2) is 115 Å². The number of rotatable bonds is 2. The Balaban J connectivity index is 1.29. The molecule has 0 unspecified atom stereocenters. The molecule has 0 amide bonds. The van der Waals surface area contributed by atoms with E-state index in [1.165, 1.54) is 33.4 Å². The van der Waals surface area contributed by atoms with Crippen molar-refractivity contribution in [3.8, 4) is 33.8 Å². The summed E-state index contributed by atoms with van der Waals surface area (Å²) in [6.45, 7) is 4.66. The average molecular weight is 452 g/mol. The Morgan fingerprint density at radius 1 is 0.543 bits per heavy atom. The SMILES string of the molecule is CC1(C)c2ccccc2-c2ccc(-c3ccc(N4c5ccccc5Oc5ccccc54)cc3)cc21. The molecule has 0 bridgehead atoms. The Kier molecular flexibility index (Phi) is 4.22. The van der Waals surface area contributed by atoms with Crippen LogP contribution in [-0.4, -0.2) is 0 Å². The van der Waals surface area contributed by atoms with E-state index >= 15 is 0 Å². The van der Waals surface area contributed by atoms with E-state index in [0.29, 0.717) is 0 Å². The zero-order chi connectivity index (χ0) is 23.6. The van der Waals surface area contributed by atoms with E-state index in [1.807, 2.05) is 24.3 Å². The van der Waals surface area contributed by atoms with Gasteiger partial charge in [0.2, 0.25) is 0 Å². The van der Waals surface area contributed by atoms with Crippen molar-refractivity contribution < 1.29 is 4.74 Å². The standard InChI is InChI=1S/C33H25NO/c1-33(2)27-10-4-3-9-25(27)26-20-17-23(21-28(26)33)22-15-18-24(19-16-22)34-29-11-5-7-13-31(29)35-32-14-8-6-12-30(32)34/h3-21H,1-2H3. The van der Waals surface area contributed by atoms with Gasteiger partial charge in [-0.1, -0.05) is 86.6 Å². The van der Waals surface area contributed by atoms with Gasteiger partial charge in [0.15, 0.2) is 11.5 Å². The normalized spacial score (nSPS) is 14.4. The number of hydrogen-bond donors (Lipinski definition) is 0. The summed E-state index contributed by atoms with van der Waals surface area (Å²) in [4.78, 5) is 2.28. The average Bonchev–Trinajstić information content (AvgIpc) is 3.14. The van der Waals surface area contributed by atoms with E-state index in [-0.39, 0.29) is 5.41 Å². The van der Waals surface area contributed by atoms with Gasteiger partial charge in [0.25, 0.3) is 0 Å². The molecule has 0 spiro atoms. The number of hydrogen-bond acceptors (Lipinski definition) is 2. The topological polar surface area (TPSA) is 12.5 Å². The van der Waals surface area contributed by atoms with Crippen molar-refractivity contribution in [2.45, 2.75) is 19.3 Å². The summed E-state index contributed by atoms with van der Waals surface area (Å²) >= 11 is 0. The highest BCUT2D eigenvalue weighted by atomic mass is 16.5. The second-order valence-electron chi connectivity index (χ2n) is 9.85. The molecule has 5 aromatic rings. The van der Waals surface area contributed by atoms with Gasteiger partial charge in [0.1, 0.15) is 0 Å². The third-order valence-electron chi connectivity index (χ3n) is 7.47. The van der Waals surface area contributed by atoms with Crippen molar-refractivity contribution >= 4 is 17.1 Å². The molecular formula is C33H25NO. The zero-order valence-corrected chi connectivity index (χ0v) is 19.8. The Labute approximate surface area is 206 Å². The minimum absolute atomic E-state index is 0.00307. The molecule has 0 radical (unpaired) electrons. The summed E-state index contributed by atoms with van der Waals surface area (Å²) in [5.41, 5.74) is 11.2. The first-order valence-electron chi connectivity index (χ1n) is 12.1. The largest absolute Gasteiger partial charge is 0.453 e. The highest BCUT2D eigenvalue weighted by Crippen LogP contribution is 2.51. The van der Waals surface area contributed by atoms with E-state index in [2.05, 4.69) is 110 Å². The summed E-state index contributed by atoms with van der Waals surface area (Å²) in [5.74, 6) is 1.74. The Bertz CT molecular complexity index is 1550. The summed E-state index contributed by atoms with van der Waals surface area (Å²) in [5, 5.41) is 0. The summed E-state index contributed by atoms with van der Waals surface area (Å²) in [6, 6.07) is 41.0. The van der Waals surface area contributed by atoms with Gasteiger partial charge >= 0.3 is 0 Å². The number of anilines is 3. The van der Waals surface area contributed by atoms with Gasteiger partial charge in [-0.2, -0.15) is 0 Å². The van der Waals surface area contributed by atoms with Gasteiger partial charge in [-0.15, -0.1) is 0 Å². The van der Waals surface area contributed by atoms with Gasteiger partial charge < -0.3 is 9.64 Å². The van der Waals surface area contributed by atoms with Crippen LogP contribution in [0.4, 0.5) is 17.1 Å². The molecule has 0 aromatic heterocycles. The van der Waals surface area contributed by atoms with Crippen molar-refractivity contribution in [2.75, 3.05) is 4.90 Å². The highest BCUT2D eigenvalue weighted by molar-refractivity contribution is 5.87.